The Balaban J connectivity index is 1.96. The second kappa shape index (κ2) is 9.84. The molecule has 2 atom stereocenters. The van der Waals surface area contributed by atoms with Crippen molar-refractivity contribution in [3.8, 4) is 0 Å². The van der Waals surface area contributed by atoms with Gasteiger partial charge in [-0.15, -0.1) is 0 Å². The summed E-state index contributed by atoms with van der Waals surface area (Å²) in [6, 6.07) is 11.2. The molecule has 0 saturated heterocycles. The molecular formula is C22H20Cl2N8. The van der Waals surface area contributed by atoms with Gasteiger partial charge in [0.25, 0.3) is 0 Å². The van der Waals surface area contributed by atoms with Crippen LogP contribution < -0.4 is 10.6 Å². The van der Waals surface area contributed by atoms with Crippen LogP contribution in [0.3, 0.4) is 0 Å². The predicted molar refractivity (Wildman–Crippen MR) is 125 cm³/mol. The van der Waals surface area contributed by atoms with Crippen molar-refractivity contribution in [1.29, 1.82) is 0 Å². The molecule has 0 saturated carbocycles. The van der Waals surface area contributed by atoms with Gasteiger partial charge in [-0.2, -0.15) is 0 Å². The van der Waals surface area contributed by atoms with E-state index < -0.39 is 0 Å². The van der Waals surface area contributed by atoms with Gasteiger partial charge in [0, 0.05) is 50.7 Å². The van der Waals surface area contributed by atoms with Gasteiger partial charge in [-0.05, 0) is 35.4 Å². The molecule has 32 heavy (non-hydrogen) atoms. The lowest BCUT2D eigenvalue weighted by atomic mass is 9.78. The number of halogens is 2. The molecule has 10 heteroatoms. The van der Waals surface area contributed by atoms with Crippen LogP contribution in [0.1, 0.15) is 34.4 Å². The molecule has 4 aromatic rings. The van der Waals surface area contributed by atoms with E-state index in [0.29, 0.717) is 22.2 Å². The van der Waals surface area contributed by atoms with Crippen LogP contribution in [0.15, 0.2) is 61.2 Å². The van der Waals surface area contributed by atoms with Crippen molar-refractivity contribution in [1.82, 2.24) is 29.9 Å². The van der Waals surface area contributed by atoms with Gasteiger partial charge in [0.05, 0.1) is 11.4 Å². The molecule has 2 N–H and O–H groups in total. The molecule has 4 rings (SSSR count). The normalized spacial score (nSPS) is 12.8. The van der Waals surface area contributed by atoms with Crippen molar-refractivity contribution < 1.29 is 0 Å². The number of nitrogens with zero attached hydrogens (tertiary/aromatic N) is 6. The van der Waals surface area contributed by atoms with Gasteiger partial charge in [0.2, 0.25) is 11.9 Å². The van der Waals surface area contributed by atoms with E-state index in [4.69, 9.17) is 33.2 Å². The highest BCUT2D eigenvalue weighted by atomic mass is 35.5. The summed E-state index contributed by atoms with van der Waals surface area (Å²) in [5.41, 5.74) is 3.41. The van der Waals surface area contributed by atoms with Crippen molar-refractivity contribution in [3.63, 3.8) is 0 Å². The van der Waals surface area contributed by atoms with E-state index in [1.165, 1.54) is 0 Å². The zero-order valence-corrected chi connectivity index (χ0v) is 18.9. The predicted octanol–water partition coefficient (Wildman–Crippen LogP) is 4.41. The molecule has 0 aromatic carbocycles. The van der Waals surface area contributed by atoms with Crippen LogP contribution in [0, 0.1) is 0 Å². The Hall–Kier alpha value is -3.36. The Bertz CT molecular complexity index is 1090. The maximum atomic E-state index is 6.08. The lowest BCUT2D eigenvalue weighted by Gasteiger charge is -2.27. The molecule has 0 spiro atoms. The first kappa shape index (κ1) is 21.9. The van der Waals surface area contributed by atoms with Gasteiger partial charge in [-0.3, -0.25) is 0 Å². The number of hydrogen-bond acceptors (Lipinski definition) is 8. The fourth-order valence-electron chi connectivity index (χ4n) is 3.54. The summed E-state index contributed by atoms with van der Waals surface area (Å²) in [6.45, 7) is 0. The van der Waals surface area contributed by atoms with E-state index in [2.05, 4.69) is 30.6 Å². The van der Waals surface area contributed by atoms with E-state index in [9.17, 15) is 0 Å². The van der Waals surface area contributed by atoms with E-state index in [-0.39, 0.29) is 11.8 Å². The minimum atomic E-state index is -0.266. The molecule has 0 aliphatic rings. The Morgan fingerprint density at radius 2 is 1.06 bits per heavy atom. The largest absolute Gasteiger partial charge is 0.357 e. The maximum Gasteiger partial charge on any atom is 0.222 e. The van der Waals surface area contributed by atoms with E-state index >= 15 is 0 Å². The number of hydrogen-bond donors (Lipinski definition) is 2. The molecule has 0 aliphatic carbocycles. The molecule has 162 valence electrons. The van der Waals surface area contributed by atoms with Crippen molar-refractivity contribution >= 4 is 35.1 Å². The fourth-order valence-corrected chi connectivity index (χ4v) is 3.77. The number of nitrogens with one attached hydrogen (secondary N) is 2. The Morgan fingerprint density at radius 3 is 1.41 bits per heavy atom. The SMILES string of the molecule is CNc1nccc(C(c2ccc(Cl)nc2)C(c2ccc(Cl)nc2)c2ccnc(NC)n2)n1. The zero-order chi connectivity index (χ0) is 22.5. The summed E-state index contributed by atoms with van der Waals surface area (Å²) in [6.07, 6.45) is 6.96. The smallest absolute Gasteiger partial charge is 0.222 e. The third-order valence-corrected chi connectivity index (χ3v) is 5.44. The summed E-state index contributed by atoms with van der Waals surface area (Å²) < 4.78 is 0. The van der Waals surface area contributed by atoms with Gasteiger partial charge in [0.15, 0.2) is 0 Å². The summed E-state index contributed by atoms with van der Waals surface area (Å²) >= 11 is 12.2. The van der Waals surface area contributed by atoms with Crippen LogP contribution in [-0.2, 0) is 0 Å². The maximum absolute atomic E-state index is 6.08. The molecular weight excluding hydrogens is 447 g/mol. The molecule has 0 amide bonds. The van der Waals surface area contributed by atoms with Gasteiger partial charge in [0.1, 0.15) is 10.3 Å². The first-order chi connectivity index (χ1) is 15.6. The third kappa shape index (κ3) is 4.76. The zero-order valence-electron chi connectivity index (χ0n) is 17.4. The summed E-state index contributed by atoms with van der Waals surface area (Å²) in [5, 5.41) is 6.83. The quantitative estimate of drug-likeness (QED) is 0.386. The van der Waals surface area contributed by atoms with E-state index in [0.717, 1.165) is 22.5 Å². The first-order valence-corrected chi connectivity index (χ1v) is 10.6. The minimum absolute atomic E-state index is 0.266. The topological polar surface area (TPSA) is 101 Å². The van der Waals surface area contributed by atoms with Crippen LogP contribution in [0.4, 0.5) is 11.9 Å². The highest BCUT2D eigenvalue weighted by Gasteiger charge is 2.31. The van der Waals surface area contributed by atoms with Crippen molar-refractivity contribution in [3.05, 3.63) is 94.0 Å². The average molecular weight is 467 g/mol. The van der Waals surface area contributed by atoms with Crippen molar-refractivity contribution in [2.45, 2.75) is 11.8 Å². The molecule has 0 fully saturated rings. The Morgan fingerprint density at radius 1 is 0.625 bits per heavy atom. The highest BCUT2D eigenvalue weighted by Crippen LogP contribution is 2.41. The molecule has 0 radical (unpaired) electrons. The van der Waals surface area contributed by atoms with Gasteiger partial charge in [-0.1, -0.05) is 35.3 Å². The monoisotopic (exact) mass is 466 g/mol. The van der Waals surface area contributed by atoms with Crippen LogP contribution in [0.5, 0.6) is 0 Å². The van der Waals surface area contributed by atoms with Crippen LogP contribution >= 0.6 is 23.2 Å². The molecule has 2 unspecified atom stereocenters. The average Bonchev–Trinajstić information content (AvgIpc) is 2.84. The summed E-state index contributed by atoms with van der Waals surface area (Å²) in [7, 11) is 3.56. The summed E-state index contributed by atoms with van der Waals surface area (Å²) in [4.78, 5) is 26.6. The minimum Gasteiger partial charge on any atom is -0.357 e. The van der Waals surface area contributed by atoms with Crippen LogP contribution in [0.2, 0.25) is 10.3 Å². The fraction of sp³-hybridized carbons (Fsp3) is 0.182. The van der Waals surface area contributed by atoms with Crippen LogP contribution in [0.25, 0.3) is 0 Å². The number of anilines is 2. The summed E-state index contributed by atoms with van der Waals surface area (Å²) in [5.74, 6) is 0.497. The lowest BCUT2D eigenvalue weighted by Crippen LogP contribution is -2.19. The molecule has 0 aliphatic heterocycles. The number of rotatable bonds is 7. The molecule has 4 aromatic heterocycles. The Kier molecular flexibility index (Phi) is 6.72. The van der Waals surface area contributed by atoms with Gasteiger partial charge >= 0.3 is 0 Å². The highest BCUT2D eigenvalue weighted by molar-refractivity contribution is 6.29. The van der Waals surface area contributed by atoms with Gasteiger partial charge < -0.3 is 10.6 Å². The van der Waals surface area contributed by atoms with Crippen LogP contribution in [-0.4, -0.2) is 44.0 Å². The van der Waals surface area contributed by atoms with Gasteiger partial charge in [-0.25, -0.2) is 29.9 Å². The second-order valence-electron chi connectivity index (χ2n) is 6.89. The number of aromatic nitrogens is 6. The third-order valence-electron chi connectivity index (χ3n) is 4.99. The molecule has 8 nitrogen and oxygen atoms in total. The lowest BCUT2D eigenvalue weighted by molar-refractivity contribution is 0.650. The first-order valence-electron chi connectivity index (χ1n) is 9.83. The molecule has 4 heterocycles. The standard InChI is InChI=1S/C22H20Cl2N8/c1-25-21-27-9-7-15(31-21)19(13-3-5-17(23)29-11-13)20(14-4-6-18(24)30-12-14)16-8-10-28-22(26-2)32-16/h3-12,19-20H,1-2H3,(H,25,27,31)(H,26,28,32). The molecule has 0 bridgehead atoms. The van der Waals surface area contributed by atoms with E-state index in [1.807, 2.05) is 24.3 Å². The number of pyridine rings is 2. The van der Waals surface area contributed by atoms with Crippen molar-refractivity contribution in [2.24, 2.45) is 0 Å². The second-order valence-corrected chi connectivity index (χ2v) is 7.67. The Labute approximate surface area is 195 Å². The van der Waals surface area contributed by atoms with Crippen molar-refractivity contribution in [2.75, 3.05) is 24.7 Å². The van der Waals surface area contributed by atoms with E-state index in [1.54, 1.807) is 51.0 Å².